The Morgan fingerprint density at radius 3 is 2.50 bits per heavy atom. The van der Waals surface area contributed by atoms with Crippen LogP contribution in [-0.2, 0) is 32.7 Å². The summed E-state index contributed by atoms with van der Waals surface area (Å²) >= 11 is 0. The van der Waals surface area contributed by atoms with Gasteiger partial charge in [0.05, 0.1) is 0 Å². The second-order valence-corrected chi connectivity index (χ2v) is 2.21. The monoisotopic (exact) mass is 187 g/mol. The summed E-state index contributed by atoms with van der Waals surface area (Å²) in [5.74, 6) is 0.675. The van der Waals surface area contributed by atoms with Crippen molar-refractivity contribution in [2.45, 2.75) is 12.8 Å². The molecule has 2 heteroatoms. The smallest absolute Gasteiger partial charge is 0 e. The molecule has 1 saturated heterocycles. The van der Waals surface area contributed by atoms with Gasteiger partial charge in [-0.25, -0.2) is 0 Å². The van der Waals surface area contributed by atoms with E-state index < -0.39 is 0 Å². The zero-order chi connectivity index (χ0) is 5.11. The zero-order valence-corrected chi connectivity index (χ0v) is 8.03. The normalized spacial score (nSPS) is 28.9. The second kappa shape index (κ2) is 4.90. The molecule has 1 aliphatic heterocycles. The predicted molar refractivity (Wildman–Crippen MR) is 31.0 cm³/mol. The van der Waals surface area contributed by atoms with E-state index in [9.17, 15) is 0 Å². The molecule has 0 amide bonds. The number of nitrogens with one attached hydrogen (secondary N) is 1. The molecule has 1 N–H and O–H groups in total. The molecular formula is C6H12NY-. The molecule has 1 unspecified atom stereocenters. The average Bonchev–Trinajstić information content (AvgIpc) is 1.69. The van der Waals surface area contributed by atoms with Crippen molar-refractivity contribution >= 4 is 0 Å². The molecule has 1 rings (SSSR count). The quantitative estimate of drug-likeness (QED) is 0.553. The molecule has 0 aromatic heterocycles. The number of hydrogen-bond donors (Lipinski definition) is 1. The standard InChI is InChI=1S/C6H12N.Y/c1-6-3-2-4-7-5-6;/h6-7H,1-5H2;/q-1;. The van der Waals surface area contributed by atoms with Crippen molar-refractivity contribution in [1.29, 1.82) is 0 Å². The third-order valence-electron chi connectivity index (χ3n) is 1.40. The number of piperidine rings is 1. The maximum atomic E-state index is 3.94. The van der Waals surface area contributed by atoms with Crippen LogP contribution in [0, 0.1) is 12.8 Å². The Labute approximate surface area is 76.5 Å². The molecule has 0 aromatic rings. The van der Waals surface area contributed by atoms with Crippen LogP contribution in [0.3, 0.4) is 0 Å². The van der Waals surface area contributed by atoms with Gasteiger partial charge in [0.1, 0.15) is 0 Å². The largest absolute Gasteiger partial charge is 0.339 e. The van der Waals surface area contributed by atoms with Crippen LogP contribution in [0.2, 0.25) is 0 Å². The van der Waals surface area contributed by atoms with E-state index in [0.717, 1.165) is 6.54 Å². The molecular weight excluding hydrogens is 175 g/mol. The Morgan fingerprint density at radius 2 is 2.25 bits per heavy atom. The van der Waals surface area contributed by atoms with Gasteiger partial charge in [0, 0.05) is 32.7 Å². The van der Waals surface area contributed by atoms with Crippen LogP contribution in [0.25, 0.3) is 0 Å². The SMILES string of the molecule is [CH2-]C1CCCNC1.[Y]. The second-order valence-electron chi connectivity index (χ2n) is 2.21. The molecule has 1 nitrogen and oxygen atoms in total. The van der Waals surface area contributed by atoms with Gasteiger partial charge in [-0.15, -0.1) is 0 Å². The van der Waals surface area contributed by atoms with Crippen LogP contribution in [0.5, 0.6) is 0 Å². The molecule has 1 fully saturated rings. The van der Waals surface area contributed by atoms with Gasteiger partial charge in [0.15, 0.2) is 0 Å². The molecule has 0 saturated carbocycles. The molecule has 45 valence electrons. The Hall–Kier alpha value is 1.06. The van der Waals surface area contributed by atoms with Gasteiger partial charge in [-0.3, -0.25) is 0 Å². The molecule has 0 aromatic carbocycles. The van der Waals surface area contributed by atoms with E-state index in [1.807, 2.05) is 0 Å². The van der Waals surface area contributed by atoms with Crippen LogP contribution in [-0.4, -0.2) is 13.1 Å². The fourth-order valence-corrected chi connectivity index (χ4v) is 0.924. The third kappa shape index (κ3) is 3.16. The summed E-state index contributed by atoms with van der Waals surface area (Å²) in [4.78, 5) is 0. The van der Waals surface area contributed by atoms with Crippen molar-refractivity contribution in [3.05, 3.63) is 6.92 Å². The first kappa shape index (κ1) is 9.06. The Bertz CT molecular complexity index is 50.5. The van der Waals surface area contributed by atoms with Crippen LogP contribution < -0.4 is 5.32 Å². The van der Waals surface area contributed by atoms with Gasteiger partial charge in [-0.2, -0.15) is 5.92 Å². The Kier molecular flexibility index (Phi) is 5.55. The fraction of sp³-hybridized carbons (Fsp3) is 0.833. The molecule has 1 atom stereocenters. The molecule has 8 heavy (non-hydrogen) atoms. The molecule has 1 heterocycles. The van der Waals surface area contributed by atoms with Crippen molar-refractivity contribution in [3.8, 4) is 0 Å². The number of hydrogen-bond acceptors (Lipinski definition) is 1. The fourth-order valence-electron chi connectivity index (χ4n) is 0.924. The van der Waals surface area contributed by atoms with Gasteiger partial charge in [0.2, 0.25) is 0 Å². The van der Waals surface area contributed by atoms with E-state index in [2.05, 4.69) is 12.2 Å². The van der Waals surface area contributed by atoms with Gasteiger partial charge in [-0.05, 0) is 19.5 Å². The van der Waals surface area contributed by atoms with E-state index in [1.165, 1.54) is 19.4 Å². The number of rotatable bonds is 0. The summed E-state index contributed by atoms with van der Waals surface area (Å²) in [6.07, 6.45) is 2.63. The average molecular weight is 187 g/mol. The molecule has 0 spiro atoms. The molecule has 1 radical (unpaired) electrons. The van der Waals surface area contributed by atoms with E-state index in [-0.39, 0.29) is 32.7 Å². The van der Waals surface area contributed by atoms with Crippen molar-refractivity contribution < 1.29 is 32.7 Å². The minimum absolute atomic E-state index is 0. The van der Waals surface area contributed by atoms with E-state index in [4.69, 9.17) is 0 Å². The summed E-state index contributed by atoms with van der Waals surface area (Å²) < 4.78 is 0. The van der Waals surface area contributed by atoms with Gasteiger partial charge >= 0.3 is 0 Å². The van der Waals surface area contributed by atoms with Gasteiger partial charge in [0.25, 0.3) is 0 Å². The summed E-state index contributed by atoms with van der Waals surface area (Å²) in [5, 5.41) is 3.27. The molecule has 1 aliphatic rings. The Balaban J connectivity index is 0.000000490. The minimum atomic E-state index is 0. The van der Waals surface area contributed by atoms with E-state index in [1.54, 1.807) is 0 Å². The minimum Gasteiger partial charge on any atom is -0.339 e. The van der Waals surface area contributed by atoms with Crippen LogP contribution >= 0.6 is 0 Å². The maximum absolute atomic E-state index is 3.94. The molecule has 0 aliphatic carbocycles. The van der Waals surface area contributed by atoms with Gasteiger partial charge in [-0.1, -0.05) is 6.42 Å². The Morgan fingerprint density at radius 1 is 1.50 bits per heavy atom. The summed E-state index contributed by atoms with van der Waals surface area (Å²) in [6, 6.07) is 0. The van der Waals surface area contributed by atoms with Crippen molar-refractivity contribution in [1.82, 2.24) is 5.32 Å². The van der Waals surface area contributed by atoms with Crippen molar-refractivity contribution in [3.63, 3.8) is 0 Å². The first-order valence-electron chi connectivity index (χ1n) is 2.93. The first-order chi connectivity index (χ1) is 3.39. The van der Waals surface area contributed by atoms with Crippen molar-refractivity contribution in [2.75, 3.05) is 13.1 Å². The van der Waals surface area contributed by atoms with Gasteiger partial charge < -0.3 is 12.2 Å². The third-order valence-corrected chi connectivity index (χ3v) is 1.40. The summed E-state index contributed by atoms with van der Waals surface area (Å²) in [6.45, 7) is 6.26. The van der Waals surface area contributed by atoms with Crippen LogP contribution in [0.1, 0.15) is 12.8 Å². The van der Waals surface area contributed by atoms with Crippen LogP contribution in [0.15, 0.2) is 0 Å². The summed E-state index contributed by atoms with van der Waals surface area (Å²) in [5.41, 5.74) is 0. The van der Waals surface area contributed by atoms with Crippen molar-refractivity contribution in [2.24, 2.45) is 5.92 Å². The van der Waals surface area contributed by atoms with Crippen LogP contribution in [0.4, 0.5) is 0 Å². The summed E-state index contributed by atoms with van der Waals surface area (Å²) in [7, 11) is 0. The van der Waals surface area contributed by atoms with E-state index in [0.29, 0.717) is 5.92 Å². The molecule has 0 bridgehead atoms. The topological polar surface area (TPSA) is 12.0 Å². The first-order valence-corrected chi connectivity index (χ1v) is 2.93. The van der Waals surface area contributed by atoms with E-state index >= 15 is 0 Å². The zero-order valence-electron chi connectivity index (χ0n) is 5.19. The maximum Gasteiger partial charge on any atom is 0 e. The predicted octanol–water partition coefficient (Wildman–Crippen LogP) is 0.818.